The predicted molar refractivity (Wildman–Crippen MR) is 74.7 cm³/mol. The fourth-order valence-corrected chi connectivity index (χ4v) is 1.76. The van der Waals surface area contributed by atoms with Gasteiger partial charge in [0.2, 0.25) is 5.88 Å². The van der Waals surface area contributed by atoms with Crippen molar-refractivity contribution in [1.29, 1.82) is 0 Å². The molecule has 0 spiro atoms. The van der Waals surface area contributed by atoms with E-state index in [1.807, 2.05) is 25.1 Å². The summed E-state index contributed by atoms with van der Waals surface area (Å²) in [5, 5.41) is 7.34. The van der Waals surface area contributed by atoms with Crippen LogP contribution in [0.5, 0.6) is 5.88 Å². The van der Waals surface area contributed by atoms with Crippen LogP contribution in [0.4, 0.5) is 5.69 Å². The highest BCUT2D eigenvalue weighted by Gasteiger charge is 2.00. The van der Waals surface area contributed by atoms with E-state index in [9.17, 15) is 4.79 Å². The van der Waals surface area contributed by atoms with Crippen molar-refractivity contribution in [2.75, 3.05) is 19.0 Å². The number of nitrogens with zero attached hydrogens (tertiary/aromatic N) is 2. The number of hydrogen-bond acceptors (Lipinski definition) is 4. The molecule has 0 atom stereocenters. The molecular formula is C14H17N3O2. The van der Waals surface area contributed by atoms with Gasteiger partial charge in [0, 0.05) is 24.4 Å². The summed E-state index contributed by atoms with van der Waals surface area (Å²) < 4.78 is 6.39. The lowest BCUT2D eigenvalue weighted by molar-refractivity contribution is 0.376. The average Bonchev–Trinajstić information content (AvgIpc) is 2.41. The van der Waals surface area contributed by atoms with Crippen LogP contribution in [0.15, 0.2) is 41.2 Å². The molecule has 0 unspecified atom stereocenters. The number of benzene rings is 1. The fourth-order valence-electron chi connectivity index (χ4n) is 1.76. The highest BCUT2D eigenvalue weighted by molar-refractivity contribution is 5.45. The zero-order valence-corrected chi connectivity index (χ0v) is 11.1. The third-order valence-corrected chi connectivity index (χ3v) is 2.72. The van der Waals surface area contributed by atoms with Crippen molar-refractivity contribution < 1.29 is 4.74 Å². The molecule has 0 saturated heterocycles. The smallest absolute Gasteiger partial charge is 0.267 e. The first-order valence-corrected chi connectivity index (χ1v) is 6.12. The Morgan fingerprint density at radius 1 is 1.32 bits per heavy atom. The van der Waals surface area contributed by atoms with Gasteiger partial charge in [0.05, 0.1) is 13.7 Å². The van der Waals surface area contributed by atoms with Crippen LogP contribution < -0.4 is 15.6 Å². The second kappa shape index (κ2) is 6.04. The summed E-state index contributed by atoms with van der Waals surface area (Å²) in [5.74, 6) is 0.440. The lowest BCUT2D eigenvalue weighted by atomic mass is 10.2. The topological polar surface area (TPSA) is 56.1 Å². The van der Waals surface area contributed by atoms with E-state index in [0.717, 1.165) is 5.69 Å². The van der Waals surface area contributed by atoms with Crippen LogP contribution in [-0.2, 0) is 6.54 Å². The summed E-state index contributed by atoms with van der Waals surface area (Å²) in [6.45, 7) is 3.16. The van der Waals surface area contributed by atoms with Crippen molar-refractivity contribution in [2.45, 2.75) is 13.5 Å². The summed E-state index contributed by atoms with van der Waals surface area (Å²) in [5.41, 5.74) is 2.10. The standard InChI is InChI=1S/C14H17N3O2/c1-11-4-3-5-12(10-11)15-8-9-17-14(18)7-6-13(16-17)19-2/h3-7,10,15H,8-9H2,1-2H3. The van der Waals surface area contributed by atoms with Crippen LogP contribution in [0.25, 0.3) is 0 Å². The maximum atomic E-state index is 11.6. The first-order valence-electron chi connectivity index (χ1n) is 6.12. The van der Waals surface area contributed by atoms with Gasteiger partial charge in [0.25, 0.3) is 5.56 Å². The Kier molecular flexibility index (Phi) is 4.18. The number of methoxy groups -OCH3 is 1. The monoisotopic (exact) mass is 259 g/mol. The third-order valence-electron chi connectivity index (χ3n) is 2.72. The molecule has 0 amide bonds. The maximum absolute atomic E-state index is 11.6. The van der Waals surface area contributed by atoms with Gasteiger partial charge in [-0.1, -0.05) is 12.1 Å². The Balaban J connectivity index is 1.97. The molecule has 1 N–H and O–H groups in total. The van der Waals surface area contributed by atoms with Crippen molar-refractivity contribution in [1.82, 2.24) is 9.78 Å². The quantitative estimate of drug-likeness (QED) is 0.887. The summed E-state index contributed by atoms with van der Waals surface area (Å²) in [6.07, 6.45) is 0. The van der Waals surface area contributed by atoms with Gasteiger partial charge in [-0.25, -0.2) is 4.68 Å². The van der Waals surface area contributed by atoms with E-state index in [1.54, 1.807) is 6.07 Å². The normalized spacial score (nSPS) is 10.2. The van der Waals surface area contributed by atoms with Crippen molar-refractivity contribution >= 4 is 5.69 Å². The number of nitrogens with one attached hydrogen (secondary N) is 1. The van der Waals surface area contributed by atoms with Gasteiger partial charge in [0.15, 0.2) is 0 Å². The average molecular weight is 259 g/mol. The summed E-state index contributed by atoms with van der Waals surface area (Å²) in [6, 6.07) is 11.1. The second-order valence-corrected chi connectivity index (χ2v) is 4.23. The van der Waals surface area contributed by atoms with Crippen LogP contribution in [0.2, 0.25) is 0 Å². The molecule has 100 valence electrons. The molecule has 5 nitrogen and oxygen atoms in total. The zero-order valence-electron chi connectivity index (χ0n) is 11.1. The first kappa shape index (κ1) is 13.1. The molecule has 5 heteroatoms. The molecule has 2 rings (SSSR count). The van der Waals surface area contributed by atoms with Crippen LogP contribution >= 0.6 is 0 Å². The fraction of sp³-hybridized carbons (Fsp3) is 0.286. The Labute approximate surface area is 111 Å². The third kappa shape index (κ3) is 3.58. The van der Waals surface area contributed by atoms with E-state index < -0.39 is 0 Å². The zero-order chi connectivity index (χ0) is 13.7. The van der Waals surface area contributed by atoms with Crippen LogP contribution in [-0.4, -0.2) is 23.4 Å². The van der Waals surface area contributed by atoms with Gasteiger partial charge >= 0.3 is 0 Å². The second-order valence-electron chi connectivity index (χ2n) is 4.23. The number of aromatic nitrogens is 2. The Bertz CT molecular complexity index is 608. The number of anilines is 1. The number of rotatable bonds is 5. The van der Waals surface area contributed by atoms with Crippen molar-refractivity contribution in [3.05, 3.63) is 52.3 Å². The molecule has 0 fully saturated rings. The molecule has 19 heavy (non-hydrogen) atoms. The summed E-state index contributed by atoms with van der Waals surface area (Å²) >= 11 is 0. The van der Waals surface area contributed by atoms with Crippen molar-refractivity contribution in [3.8, 4) is 5.88 Å². The number of hydrogen-bond donors (Lipinski definition) is 1. The maximum Gasteiger partial charge on any atom is 0.267 e. The van der Waals surface area contributed by atoms with Gasteiger partial charge in [-0.15, -0.1) is 5.10 Å². The Morgan fingerprint density at radius 2 is 2.16 bits per heavy atom. The molecule has 1 aromatic heterocycles. The van der Waals surface area contributed by atoms with E-state index in [0.29, 0.717) is 19.0 Å². The van der Waals surface area contributed by atoms with E-state index in [-0.39, 0.29) is 5.56 Å². The number of ether oxygens (including phenoxy) is 1. The van der Waals surface area contributed by atoms with Gasteiger partial charge in [-0.05, 0) is 24.6 Å². The molecule has 0 aliphatic rings. The number of aryl methyl sites for hydroxylation is 1. The molecule has 0 aliphatic heterocycles. The van der Waals surface area contributed by atoms with Crippen molar-refractivity contribution in [3.63, 3.8) is 0 Å². The van der Waals surface area contributed by atoms with E-state index >= 15 is 0 Å². The lowest BCUT2D eigenvalue weighted by Crippen LogP contribution is -2.25. The van der Waals surface area contributed by atoms with Crippen LogP contribution in [0, 0.1) is 6.92 Å². The minimum Gasteiger partial charge on any atom is -0.480 e. The highest BCUT2D eigenvalue weighted by atomic mass is 16.5. The molecule has 0 bridgehead atoms. The lowest BCUT2D eigenvalue weighted by Gasteiger charge is -2.09. The SMILES string of the molecule is COc1ccc(=O)n(CCNc2cccc(C)c2)n1. The summed E-state index contributed by atoms with van der Waals surface area (Å²) in [7, 11) is 1.53. The molecular weight excluding hydrogens is 242 g/mol. The van der Waals surface area contributed by atoms with Gasteiger partial charge < -0.3 is 10.1 Å². The largest absolute Gasteiger partial charge is 0.480 e. The molecule has 0 radical (unpaired) electrons. The summed E-state index contributed by atoms with van der Waals surface area (Å²) in [4.78, 5) is 11.6. The Hall–Kier alpha value is -2.30. The molecule has 1 aromatic carbocycles. The van der Waals surface area contributed by atoms with Gasteiger partial charge in [0.1, 0.15) is 0 Å². The van der Waals surface area contributed by atoms with E-state index in [1.165, 1.54) is 23.4 Å². The minimum absolute atomic E-state index is 0.133. The van der Waals surface area contributed by atoms with Gasteiger partial charge in [-0.3, -0.25) is 4.79 Å². The van der Waals surface area contributed by atoms with E-state index in [2.05, 4.69) is 16.5 Å². The highest BCUT2D eigenvalue weighted by Crippen LogP contribution is 2.08. The van der Waals surface area contributed by atoms with Crippen LogP contribution in [0.3, 0.4) is 0 Å². The Morgan fingerprint density at radius 3 is 2.89 bits per heavy atom. The van der Waals surface area contributed by atoms with Gasteiger partial charge in [-0.2, -0.15) is 0 Å². The predicted octanol–water partition coefficient (Wildman–Crippen LogP) is 1.67. The van der Waals surface area contributed by atoms with E-state index in [4.69, 9.17) is 4.74 Å². The molecule has 0 aliphatic carbocycles. The molecule has 0 saturated carbocycles. The molecule has 1 heterocycles. The first-order chi connectivity index (χ1) is 9.19. The minimum atomic E-state index is -0.133. The van der Waals surface area contributed by atoms with Crippen molar-refractivity contribution in [2.24, 2.45) is 0 Å². The molecule has 2 aromatic rings. The van der Waals surface area contributed by atoms with Crippen LogP contribution in [0.1, 0.15) is 5.56 Å².